The number of halogens is 2. The number of benzene rings is 1. The second-order valence-electron chi connectivity index (χ2n) is 6.67. The standard InChI is InChI=1S/C17H20ClFN2/c1-10-6-16-14(9-13(10)19)20-17(4-5-18)21(16)15-8-11-2-3-12(15)7-11/h6,9,11-12,15H,2-5,7-8H2,1H3. The molecule has 112 valence electrons. The van der Waals surface area contributed by atoms with Gasteiger partial charge in [-0.15, -0.1) is 11.6 Å². The van der Waals surface area contributed by atoms with Crippen molar-refractivity contribution >= 4 is 22.6 Å². The van der Waals surface area contributed by atoms with Gasteiger partial charge in [-0.3, -0.25) is 0 Å². The first kappa shape index (κ1) is 13.6. The zero-order chi connectivity index (χ0) is 14.6. The molecule has 1 heterocycles. The van der Waals surface area contributed by atoms with Gasteiger partial charge in [-0.2, -0.15) is 0 Å². The first-order valence-corrected chi connectivity index (χ1v) is 8.43. The normalized spacial score (nSPS) is 27.9. The van der Waals surface area contributed by atoms with Gasteiger partial charge in [-0.05, 0) is 49.7 Å². The summed E-state index contributed by atoms with van der Waals surface area (Å²) in [6.07, 6.45) is 6.07. The van der Waals surface area contributed by atoms with Crippen LogP contribution in [0.25, 0.3) is 11.0 Å². The van der Waals surface area contributed by atoms with Crippen LogP contribution in [-0.2, 0) is 6.42 Å². The quantitative estimate of drug-likeness (QED) is 0.756. The van der Waals surface area contributed by atoms with E-state index in [1.807, 2.05) is 13.0 Å². The molecule has 1 aromatic carbocycles. The third-order valence-electron chi connectivity index (χ3n) is 5.39. The summed E-state index contributed by atoms with van der Waals surface area (Å²) in [6, 6.07) is 4.07. The average Bonchev–Trinajstić information content (AvgIpc) is 3.13. The molecule has 4 rings (SSSR count). The van der Waals surface area contributed by atoms with Crippen molar-refractivity contribution < 1.29 is 4.39 Å². The Kier molecular flexibility index (Phi) is 3.21. The predicted molar refractivity (Wildman–Crippen MR) is 83.3 cm³/mol. The van der Waals surface area contributed by atoms with Gasteiger partial charge >= 0.3 is 0 Å². The Bertz CT molecular complexity index is 694. The minimum absolute atomic E-state index is 0.169. The zero-order valence-corrected chi connectivity index (χ0v) is 13.0. The van der Waals surface area contributed by atoms with Crippen LogP contribution in [0.3, 0.4) is 0 Å². The van der Waals surface area contributed by atoms with E-state index in [2.05, 4.69) is 9.55 Å². The van der Waals surface area contributed by atoms with E-state index in [-0.39, 0.29) is 5.82 Å². The van der Waals surface area contributed by atoms with Crippen molar-refractivity contribution in [2.24, 2.45) is 11.8 Å². The van der Waals surface area contributed by atoms with E-state index in [4.69, 9.17) is 11.6 Å². The van der Waals surface area contributed by atoms with E-state index in [0.717, 1.165) is 35.1 Å². The van der Waals surface area contributed by atoms with Crippen LogP contribution in [0, 0.1) is 24.6 Å². The Morgan fingerprint density at radius 2 is 2.19 bits per heavy atom. The second-order valence-corrected chi connectivity index (χ2v) is 7.05. The Labute approximate surface area is 129 Å². The lowest BCUT2D eigenvalue weighted by atomic mass is 9.94. The number of hydrogen-bond acceptors (Lipinski definition) is 1. The van der Waals surface area contributed by atoms with Crippen LogP contribution in [0.5, 0.6) is 0 Å². The average molecular weight is 307 g/mol. The maximum Gasteiger partial charge on any atom is 0.128 e. The minimum atomic E-state index is -0.169. The van der Waals surface area contributed by atoms with Crippen LogP contribution in [0.1, 0.15) is 43.1 Å². The summed E-state index contributed by atoms with van der Waals surface area (Å²) in [6.45, 7) is 1.83. The maximum atomic E-state index is 13.8. The minimum Gasteiger partial charge on any atom is -0.325 e. The van der Waals surface area contributed by atoms with Crippen LogP contribution in [0.15, 0.2) is 12.1 Å². The molecule has 0 aliphatic heterocycles. The number of fused-ring (bicyclic) bond motifs is 3. The number of alkyl halides is 1. The molecule has 3 atom stereocenters. The van der Waals surface area contributed by atoms with E-state index in [1.165, 1.54) is 25.7 Å². The van der Waals surface area contributed by atoms with Crippen LogP contribution < -0.4 is 0 Å². The molecule has 0 saturated heterocycles. The molecule has 2 aliphatic rings. The van der Waals surface area contributed by atoms with Crippen molar-refractivity contribution in [2.75, 3.05) is 5.88 Å². The largest absolute Gasteiger partial charge is 0.325 e. The number of aryl methyl sites for hydroxylation is 2. The van der Waals surface area contributed by atoms with Crippen LogP contribution >= 0.6 is 11.6 Å². The van der Waals surface area contributed by atoms with Crippen molar-refractivity contribution in [1.82, 2.24) is 9.55 Å². The van der Waals surface area contributed by atoms with E-state index in [0.29, 0.717) is 17.5 Å². The smallest absolute Gasteiger partial charge is 0.128 e. The van der Waals surface area contributed by atoms with Gasteiger partial charge in [0.25, 0.3) is 0 Å². The fourth-order valence-corrected chi connectivity index (χ4v) is 4.60. The molecular weight excluding hydrogens is 287 g/mol. The van der Waals surface area contributed by atoms with E-state index in [1.54, 1.807) is 6.07 Å². The molecule has 2 bridgehead atoms. The molecule has 2 aliphatic carbocycles. The lowest BCUT2D eigenvalue weighted by Gasteiger charge is -2.25. The molecule has 2 aromatic rings. The number of hydrogen-bond donors (Lipinski definition) is 0. The number of imidazole rings is 1. The van der Waals surface area contributed by atoms with E-state index in [9.17, 15) is 4.39 Å². The molecule has 0 amide bonds. The summed E-state index contributed by atoms with van der Waals surface area (Å²) in [5.74, 6) is 3.07. The first-order valence-electron chi connectivity index (χ1n) is 7.90. The molecular formula is C17H20ClFN2. The van der Waals surface area contributed by atoms with Gasteiger partial charge in [0, 0.05) is 24.4 Å². The summed E-state index contributed by atoms with van der Waals surface area (Å²) < 4.78 is 16.2. The van der Waals surface area contributed by atoms with Crippen LogP contribution in [0.2, 0.25) is 0 Å². The topological polar surface area (TPSA) is 17.8 Å². The summed E-state index contributed by atoms with van der Waals surface area (Å²) >= 11 is 5.96. The van der Waals surface area contributed by atoms with E-state index >= 15 is 0 Å². The number of nitrogens with zero attached hydrogens (tertiary/aromatic N) is 2. The lowest BCUT2D eigenvalue weighted by molar-refractivity contribution is 0.329. The summed E-state index contributed by atoms with van der Waals surface area (Å²) in [7, 11) is 0. The summed E-state index contributed by atoms with van der Waals surface area (Å²) in [5.41, 5.74) is 2.57. The molecule has 0 spiro atoms. The monoisotopic (exact) mass is 306 g/mol. The van der Waals surface area contributed by atoms with Crippen molar-refractivity contribution in [1.29, 1.82) is 0 Å². The fourth-order valence-electron chi connectivity index (χ4n) is 4.43. The van der Waals surface area contributed by atoms with Crippen LogP contribution in [0.4, 0.5) is 4.39 Å². The van der Waals surface area contributed by atoms with Gasteiger partial charge in [-0.1, -0.05) is 6.42 Å². The highest BCUT2D eigenvalue weighted by atomic mass is 35.5. The Hall–Kier alpha value is -1.09. The van der Waals surface area contributed by atoms with Crippen LogP contribution in [-0.4, -0.2) is 15.4 Å². The van der Waals surface area contributed by atoms with Crippen molar-refractivity contribution in [3.8, 4) is 0 Å². The molecule has 2 fully saturated rings. The highest BCUT2D eigenvalue weighted by molar-refractivity contribution is 6.17. The molecule has 0 N–H and O–H groups in total. The summed E-state index contributed by atoms with van der Waals surface area (Å²) in [5, 5.41) is 0. The third-order valence-corrected chi connectivity index (χ3v) is 5.58. The highest BCUT2D eigenvalue weighted by Crippen LogP contribution is 2.51. The van der Waals surface area contributed by atoms with Gasteiger partial charge in [0.15, 0.2) is 0 Å². The van der Waals surface area contributed by atoms with Crippen molar-refractivity contribution in [3.63, 3.8) is 0 Å². The predicted octanol–water partition coefficient (Wildman–Crippen LogP) is 4.63. The van der Waals surface area contributed by atoms with Crippen molar-refractivity contribution in [3.05, 3.63) is 29.3 Å². The molecule has 3 unspecified atom stereocenters. The SMILES string of the molecule is Cc1cc2c(cc1F)nc(CCCl)n2C1CC2CCC1C2. The summed E-state index contributed by atoms with van der Waals surface area (Å²) in [4.78, 5) is 4.67. The fraction of sp³-hybridized carbons (Fsp3) is 0.588. The molecule has 2 saturated carbocycles. The molecule has 2 nitrogen and oxygen atoms in total. The number of aromatic nitrogens is 2. The van der Waals surface area contributed by atoms with Gasteiger partial charge in [0.1, 0.15) is 11.6 Å². The molecule has 1 aromatic heterocycles. The second kappa shape index (κ2) is 4.98. The Balaban J connectivity index is 1.88. The maximum absolute atomic E-state index is 13.8. The lowest BCUT2D eigenvalue weighted by Crippen LogP contribution is -2.18. The van der Waals surface area contributed by atoms with Gasteiger partial charge < -0.3 is 4.57 Å². The number of rotatable bonds is 3. The van der Waals surface area contributed by atoms with Gasteiger partial charge in [0.2, 0.25) is 0 Å². The third kappa shape index (κ3) is 2.09. The first-order chi connectivity index (χ1) is 10.2. The van der Waals surface area contributed by atoms with E-state index < -0.39 is 0 Å². The molecule has 4 heteroatoms. The highest BCUT2D eigenvalue weighted by Gasteiger charge is 2.41. The molecule has 0 radical (unpaired) electrons. The van der Waals surface area contributed by atoms with Crippen molar-refractivity contribution in [2.45, 2.75) is 45.1 Å². The van der Waals surface area contributed by atoms with Gasteiger partial charge in [0.05, 0.1) is 11.0 Å². The van der Waals surface area contributed by atoms with Gasteiger partial charge in [-0.25, -0.2) is 9.37 Å². The molecule has 21 heavy (non-hydrogen) atoms. The zero-order valence-electron chi connectivity index (χ0n) is 12.3. The Morgan fingerprint density at radius 3 is 2.86 bits per heavy atom. The Morgan fingerprint density at radius 1 is 1.33 bits per heavy atom.